The lowest BCUT2D eigenvalue weighted by atomic mass is 9.70. The Kier molecular flexibility index (Phi) is 4.55. The van der Waals surface area contributed by atoms with Gasteiger partial charge in [0.25, 0.3) is 0 Å². The standard InChI is InChI=1S/C15H18FNO4/c1-21-14(20)15(13(18)19,11-4-2-3-5-11)7-10-6-12(16)9-17-8-10/h6,8-9,11H,2-5,7H2,1H3,(H,18,19). The van der Waals surface area contributed by atoms with Crippen molar-refractivity contribution in [2.45, 2.75) is 32.1 Å². The lowest BCUT2D eigenvalue weighted by molar-refractivity contribution is -0.171. The molecule has 0 amide bonds. The Labute approximate surface area is 122 Å². The fraction of sp³-hybridized carbons (Fsp3) is 0.533. The molecule has 21 heavy (non-hydrogen) atoms. The molecule has 0 spiro atoms. The molecule has 1 saturated carbocycles. The van der Waals surface area contributed by atoms with Crippen LogP contribution in [0.2, 0.25) is 0 Å². The smallest absolute Gasteiger partial charge is 0.323 e. The second-order valence-electron chi connectivity index (χ2n) is 5.44. The molecule has 1 unspecified atom stereocenters. The van der Waals surface area contributed by atoms with Crippen molar-refractivity contribution in [3.05, 3.63) is 29.8 Å². The molecule has 1 fully saturated rings. The Bertz CT molecular complexity index is 542. The molecule has 0 aliphatic heterocycles. The van der Waals surface area contributed by atoms with E-state index in [0.29, 0.717) is 18.4 Å². The molecule has 1 N–H and O–H groups in total. The first-order valence-corrected chi connectivity index (χ1v) is 6.92. The minimum Gasteiger partial charge on any atom is -0.480 e. The minimum atomic E-state index is -1.67. The number of halogens is 1. The SMILES string of the molecule is COC(=O)C(Cc1cncc(F)c1)(C(=O)O)C1CCCC1. The molecule has 1 aromatic rings. The molecule has 114 valence electrons. The summed E-state index contributed by atoms with van der Waals surface area (Å²) in [7, 11) is 1.18. The summed E-state index contributed by atoms with van der Waals surface area (Å²) in [6.45, 7) is 0. The zero-order valence-corrected chi connectivity index (χ0v) is 11.8. The van der Waals surface area contributed by atoms with E-state index in [2.05, 4.69) is 4.98 Å². The third-order valence-electron chi connectivity index (χ3n) is 4.23. The molecule has 0 saturated heterocycles. The second kappa shape index (κ2) is 6.20. The Morgan fingerprint density at radius 3 is 2.62 bits per heavy atom. The Morgan fingerprint density at radius 1 is 1.43 bits per heavy atom. The topological polar surface area (TPSA) is 76.5 Å². The lowest BCUT2D eigenvalue weighted by Crippen LogP contribution is -2.47. The molecule has 0 aromatic carbocycles. The molecule has 0 radical (unpaired) electrons. The van der Waals surface area contributed by atoms with Crippen molar-refractivity contribution >= 4 is 11.9 Å². The number of methoxy groups -OCH3 is 1. The van der Waals surface area contributed by atoms with E-state index < -0.39 is 23.2 Å². The van der Waals surface area contributed by atoms with Crippen LogP contribution < -0.4 is 0 Å². The number of nitrogens with zero attached hydrogens (tertiary/aromatic N) is 1. The zero-order chi connectivity index (χ0) is 15.5. The number of carboxylic acid groups (broad SMARTS) is 1. The summed E-state index contributed by atoms with van der Waals surface area (Å²) in [6, 6.07) is 1.21. The molecule has 1 aliphatic rings. The Morgan fingerprint density at radius 2 is 2.10 bits per heavy atom. The van der Waals surface area contributed by atoms with Crippen LogP contribution in [0.25, 0.3) is 0 Å². The van der Waals surface area contributed by atoms with Crippen LogP contribution in [0.3, 0.4) is 0 Å². The van der Waals surface area contributed by atoms with Gasteiger partial charge in [-0.2, -0.15) is 0 Å². The van der Waals surface area contributed by atoms with Gasteiger partial charge in [0.2, 0.25) is 0 Å². The maximum absolute atomic E-state index is 13.3. The monoisotopic (exact) mass is 295 g/mol. The maximum atomic E-state index is 13.3. The predicted octanol–water partition coefficient (Wildman–Crippen LogP) is 2.20. The molecule has 1 atom stereocenters. The van der Waals surface area contributed by atoms with Crippen molar-refractivity contribution < 1.29 is 23.8 Å². The van der Waals surface area contributed by atoms with Gasteiger partial charge in [-0.25, -0.2) is 4.39 Å². The summed E-state index contributed by atoms with van der Waals surface area (Å²) >= 11 is 0. The van der Waals surface area contributed by atoms with Gasteiger partial charge in [0.1, 0.15) is 5.82 Å². The van der Waals surface area contributed by atoms with Crippen molar-refractivity contribution in [1.82, 2.24) is 4.98 Å². The van der Waals surface area contributed by atoms with Gasteiger partial charge in [0.15, 0.2) is 5.41 Å². The fourth-order valence-corrected chi connectivity index (χ4v) is 3.20. The summed E-state index contributed by atoms with van der Waals surface area (Å²) in [5, 5.41) is 9.70. The van der Waals surface area contributed by atoms with Crippen LogP contribution in [0.1, 0.15) is 31.2 Å². The van der Waals surface area contributed by atoms with E-state index in [0.717, 1.165) is 19.0 Å². The predicted molar refractivity (Wildman–Crippen MR) is 71.9 cm³/mol. The van der Waals surface area contributed by atoms with Gasteiger partial charge in [-0.15, -0.1) is 0 Å². The first-order chi connectivity index (χ1) is 10.0. The van der Waals surface area contributed by atoms with E-state index in [1.54, 1.807) is 0 Å². The first-order valence-electron chi connectivity index (χ1n) is 6.92. The number of pyridine rings is 1. The van der Waals surface area contributed by atoms with Crippen molar-refractivity contribution in [1.29, 1.82) is 0 Å². The van der Waals surface area contributed by atoms with Gasteiger partial charge >= 0.3 is 11.9 Å². The van der Waals surface area contributed by atoms with Crippen LogP contribution in [0.15, 0.2) is 18.5 Å². The Hall–Kier alpha value is -1.98. The zero-order valence-electron chi connectivity index (χ0n) is 11.8. The normalized spacial score (nSPS) is 18.2. The maximum Gasteiger partial charge on any atom is 0.323 e. The van der Waals surface area contributed by atoms with E-state index in [4.69, 9.17) is 4.74 Å². The summed E-state index contributed by atoms with van der Waals surface area (Å²) in [4.78, 5) is 27.8. The third-order valence-corrected chi connectivity index (χ3v) is 4.23. The first kappa shape index (κ1) is 15.4. The van der Waals surface area contributed by atoms with E-state index >= 15 is 0 Å². The quantitative estimate of drug-likeness (QED) is 0.665. The molecular weight excluding hydrogens is 277 g/mol. The summed E-state index contributed by atoms with van der Waals surface area (Å²) in [6.07, 6.45) is 5.41. The number of rotatable bonds is 5. The molecule has 1 heterocycles. The molecule has 5 nitrogen and oxygen atoms in total. The van der Waals surface area contributed by atoms with Crippen molar-refractivity contribution in [3.8, 4) is 0 Å². The molecule has 0 bridgehead atoms. The lowest BCUT2D eigenvalue weighted by Gasteiger charge is -2.32. The largest absolute Gasteiger partial charge is 0.480 e. The van der Waals surface area contributed by atoms with Gasteiger partial charge in [0.05, 0.1) is 13.3 Å². The highest BCUT2D eigenvalue weighted by Crippen LogP contribution is 2.43. The molecule has 6 heteroatoms. The fourth-order valence-electron chi connectivity index (χ4n) is 3.20. The number of carbonyl (C=O) groups excluding carboxylic acids is 1. The van der Waals surface area contributed by atoms with Gasteiger partial charge < -0.3 is 9.84 Å². The number of hydrogen-bond donors (Lipinski definition) is 1. The number of aromatic nitrogens is 1. The summed E-state index contributed by atoms with van der Waals surface area (Å²) in [5.41, 5.74) is -1.28. The summed E-state index contributed by atoms with van der Waals surface area (Å²) < 4.78 is 18.0. The van der Waals surface area contributed by atoms with Crippen LogP contribution >= 0.6 is 0 Å². The molecule has 2 rings (SSSR count). The number of aliphatic carboxylic acids is 1. The van der Waals surface area contributed by atoms with Crippen molar-refractivity contribution in [3.63, 3.8) is 0 Å². The van der Waals surface area contributed by atoms with E-state index in [-0.39, 0.29) is 12.3 Å². The van der Waals surface area contributed by atoms with Gasteiger partial charge in [0, 0.05) is 12.6 Å². The number of esters is 1. The highest BCUT2D eigenvalue weighted by atomic mass is 19.1. The van der Waals surface area contributed by atoms with Crippen LogP contribution in [-0.2, 0) is 20.7 Å². The highest BCUT2D eigenvalue weighted by molar-refractivity contribution is 6.00. The Balaban J connectivity index is 2.42. The van der Waals surface area contributed by atoms with Crippen LogP contribution in [0.5, 0.6) is 0 Å². The van der Waals surface area contributed by atoms with Crippen LogP contribution in [0, 0.1) is 17.2 Å². The van der Waals surface area contributed by atoms with Crippen molar-refractivity contribution in [2.75, 3.05) is 7.11 Å². The van der Waals surface area contributed by atoms with Gasteiger partial charge in [-0.3, -0.25) is 14.6 Å². The van der Waals surface area contributed by atoms with Crippen LogP contribution in [0.4, 0.5) is 4.39 Å². The molecule has 1 aromatic heterocycles. The number of ether oxygens (including phenoxy) is 1. The van der Waals surface area contributed by atoms with E-state index in [9.17, 15) is 19.1 Å². The number of hydrogen-bond acceptors (Lipinski definition) is 4. The number of carboxylic acids is 1. The van der Waals surface area contributed by atoms with E-state index in [1.165, 1.54) is 19.4 Å². The van der Waals surface area contributed by atoms with Crippen molar-refractivity contribution in [2.24, 2.45) is 11.3 Å². The average Bonchev–Trinajstić information content (AvgIpc) is 2.98. The third kappa shape index (κ3) is 2.89. The van der Waals surface area contributed by atoms with Gasteiger partial charge in [-0.1, -0.05) is 12.8 Å². The molecule has 1 aliphatic carbocycles. The average molecular weight is 295 g/mol. The molecular formula is C15H18FNO4. The summed E-state index contributed by atoms with van der Waals surface area (Å²) in [5.74, 6) is -2.84. The van der Waals surface area contributed by atoms with Crippen LogP contribution in [-0.4, -0.2) is 29.1 Å². The highest BCUT2D eigenvalue weighted by Gasteiger charge is 2.54. The minimum absolute atomic E-state index is 0.107. The number of carbonyl (C=O) groups is 2. The van der Waals surface area contributed by atoms with Gasteiger partial charge in [-0.05, 0) is 30.4 Å². The van der Waals surface area contributed by atoms with E-state index in [1.807, 2.05) is 0 Å². The second-order valence-corrected chi connectivity index (χ2v) is 5.44.